The SMILES string of the molecule is COc1cccc(-c2nn(C)cc2-c2nnc(SCC(=O)Nc3ccc(Cl)cc3)n2C)c1. The Balaban J connectivity index is 1.52. The van der Waals surface area contributed by atoms with E-state index in [0.717, 1.165) is 22.6 Å². The number of thioether (sulfide) groups is 1. The van der Waals surface area contributed by atoms with Crippen molar-refractivity contribution in [1.82, 2.24) is 24.5 Å². The summed E-state index contributed by atoms with van der Waals surface area (Å²) in [5.41, 5.74) is 3.23. The van der Waals surface area contributed by atoms with Crippen LogP contribution in [-0.2, 0) is 18.9 Å². The van der Waals surface area contributed by atoms with E-state index in [4.69, 9.17) is 16.3 Å². The molecule has 0 saturated heterocycles. The van der Waals surface area contributed by atoms with E-state index < -0.39 is 0 Å². The number of halogens is 1. The zero-order valence-corrected chi connectivity index (χ0v) is 19.3. The van der Waals surface area contributed by atoms with E-state index >= 15 is 0 Å². The topological polar surface area (TPSA) is 86.9 Å². The maximum atomic E-state index is 12.3. The number of benzene rings is 2. The van der Waals surface area contributed by atoms with Crippen molar-refractivity contribution in [3.63, 3.8) is 0 Å². The third-order valence-electron chi connectivity index (χ3n) is 4.71. The number of carbonyl (C=O) groups is 1. The van der Waals surface area contributed by atoms with E-state index in [-0.39, 0.29) is 11.7 Å². The first kappa shape index (κ1) is 21.9. The van der Waals surface area contributed by atoms with E-state index in [2.05, 4.69) is 20.6 Å². The summed E-state index contributed by atoms with van der Waals surface area (Å²) in [6, 6.07) is 14.7. The van der Waals surface area contributed by atoms with Gasteiger partial charge in [0.05, 0.1) is 18.4 Å². The monoisotopic (exact) mass is 468 g/mol. The number of aromatic nitrogens is 5. The van der Waals surface area contributed by atoms with Gasteiger partial charge in [0.1, 0.15) is 11.4 Å². The van der Waals surface area contributed by atoms with E-state index in [1.54, 1.807) is 36.1 Å². The predicted molar refractivity (Wildman–Crippen MR) is 126 cm³/mol. The lowest BCUT2D eigenvalue weighted by Crippen LogP contribution is -2.14. The summed E-state index contributed by atoms with van der Waals surface area (Å²) < 4.78 is 8.95. The predicted octanol–water partition coefficient (Wildman–Crippen LogP) is 4.28. The Hall–Kier alpha value is -3.30. The molecule has 0 fully saturated rings. The Kier molecular flexibility index (Phi) is 6.48. The van der Waals surface area contributed by atoms with Crippen LogP contribution in [0.3, 0.4) is 0 Å². The van der Waals surface area contributed by atoms with Gasteiger partial charge in [-0.05, 0) is 36.4 Å². The smallest absolute Gasteiger partial charge is 0.234 e. The average molecular weight is 469 g/mol. The molecule has 1 N–H and O–H groups in total. The maximum Gasteiger partial charge on any atom is 0.234 e. The van der Waals surface area contributed by atoms with Gasteiger partial charge >= 0.3 is 0 Å². The molecule has 0 spiro atoms. The molecule has 0 saturated carbocycles. The number of amides is 1. The van der Waals surface area contributed by atoms with Crippen LogP contribution in [0.1, 0.15) is 0 Å². The molecule has 0 atom stereocenters. The van der Waals surface area contributed by atoms with Crippen LogP contribution < -0.4 is 10.1 Å². The Labute approximate surface area is 194 Å². The molecule has 4 aromatic rings. The van der Waals surface area contributed by atoms with Crippen molar-refractivity contribution < 1.29 is 9.53 Å². The lowest BCUT2D eigenvalue weighted by molar-refractivity contribution is -0.113. The molecule has 1 amide bonds. The minimum Gasteiger partial charge on any atom is -0.497 e. The van der Waals surface area contributed by atoms with Crippen LogP contribution in [0, 0.1) is 0 Å². The molecule has 2 aromatic carbocycles. The molecule has 32 heavy (non-hydrogen) atoms. The molecular weight excluding hydrogens is 448 g/mol. The second-order valence-corrected chi connectivity index (χ2v) is 8.38. The quantitative estimate of drug-likeness (QED) is 0.407. The summed E-state index contributed by atoms with van der Waals surface area (Å²) in [6.07, 6.45) is 1.90. The fraction of sp³-hybridized carbons (Fsp3) is 0.182. The minimum atomic E-state index is -0.139. The number of nitrogens with one attached hydrogen (secondary N) is 1. The van der Waals surface area contributed by atoms with Gasteiger partial charge in [0.25, 0.3) is 0 Å². The summed E-state index contributed by atoms with van der Waals surface area (Å²) in [5.74, 6) is 1.47. The third kappa shape index (κ3) is 4.79. The normalized spacial score (nSPS) is 10.9. The summed E-state index contributed by atoms with van der Waals surface area (Å²) in [6.45, 7) is 0. The standard InChI is InChI=1S/C22H21ClN6O2S/c1-28-12-18(20(27-28)14-5-4-6-17(11-14)31-3)21-25-26-22(29(21)2)32-13-19(30)24-16-9-7-15(23)8-10-16/h4-12H,13H2,1-3H3,(H,24,30). The first-order chi connectivity index (χ1) is 15.4. The van der Waals surface area contributed by atoms with Crippen molar-refractivity contribution in [1.29, 1.82) is 0 Å². The maximum absolute atomic E-state index is 12.3. The van der Waals surface area contributed by atoms with E-state index in [1.807, 2.05) is 49.1 Å². The van der Waals surface area contributed by atoms with Gasteiger partial charge in [-0.3, -0.25) is 9.48 Å². The van der Waals surface area contributed by atoms with Crippen LogP contribution in [0.5, 0.6) is 5.75 Å². The second-order valence-electron chi connectivity index (χ2n) is 7.01. The van der Waals surface area contributed by atoms with Gasteiger partial charge in [0, 0.05) is 36.6 Å². The van der Waals surface area contributed by atoms with Crippen LogP contribution in [0.25, 0.3) is 22.6 Å². The Morgan fingerprint density at radius 2 is 1.94 bits per heavy atom. The summed E-state index contributed by atoms with van der Waals surface area (Å²) in [5, 5.41) is 17.3. The first-order valence-corrected chi connectivity index (χ1v) is 11.1. The molecule has 0 radical (unpaired) electrons. The van der Waals surface area contributed by atoms with E-state index in [9.17, 15) is 4.79 Å². The van der Waals surface area contributed by atoms with Crippen LogP contribution in [-0.4, -0.2) is 43.3 Å². The highest BCUT2D eigenvalue weighted by Gasteiger charge is 2.19. The van der Waals surface area contributed by atoms with Crippen LogP contribution in [0.2, 0.25) is 5.02 Å². The van der Waals surface area contributed by atoms with E-state index in [1.165, 1.54) is 11.8 Å². The van der Waals surface area contributed by atoms with Gasteiger partial charge in [0.2, 0.25) is 5.91 Å². The molecule has 0 bridgehead atoms. The van der Waals surface area contributed by atoms with Gasteiger partial charge in [-0.15, -0.1) is 10.2 Å². The highest BCUT2D eigenvalue weighted by Crippen LogP contribution is 2.32. The molecule has 2 aromatic heterocycles. The number of nitrogens with zero attached hydrogens (tertiary/aromatic N) is 5. The zero-order valence-electron chi connectivity index (χ0n) is 17.7. The van der Waals surface area contributed by atoms with Crippen molar-refractivity contribution in [2.75, 3.05) is 18.2 Å². The van der Waals surface area contributed by atoms with Crippen molar-refractivity contribution in [3.05, 3.63) is 59.8 Å². The zero-order chi connectivity index (χ0) is 22.7. The number of ether oxygens (including phenoxy) is 1. The number of carbonyl (C=O) groups excluding carboxylic acids is 1. The Bertz CT molecular complexity index is 1250. The first-order valence-electron chi connectivity index (χ1n) is 9.70. The van der Waals surface area contributed by atoms with Gasteiger partial charge in [0.15, 0.2) is 11.0 Å². The fourth-order valence-corrected chi connectivity index (χ4v) is 4.01. The van der Waals surface area contributed by atoms with E-state index in [0.29, 0.717) is 21.7 Å². The second kappa shape index (κ2) is 9.46. The molecule has 0 aliphatic heterocycles. The molecule has 4 rings (SSSR count). The van der Waals surface area contributed by atoms with Crippen LogP contribution in [0.4, 0.5) is 5.69 Å². The summed E-state index contributed by atoms with van der Waals surface area (Å²) >= 11 is 7.19. The highest BCUT2D eigenvalue weighted by molar-refractivity contribution is 7.99. The van der Waals surface area contributed by atoms with Crippen molar-refractivity contribution in [2.45, 2.75) is 5.16 Å². The third-order valence-corrected chi connectivity index (χ3v) is 5.98. The minimum absolute atomic E-state index is 0.139. The van der Waals surface area contributed by atoms with Gasteiger partial charge in [-0.25, -0.2) is 0 Å². The number of hydrogen-bond acceptors (Lipinski definition) is 6. The summed E-state index contributed by atoms with van der Waals surface area (Å²) in [4.78, 5) is 12.3. The molecular formula is C22H21ClN6O2S. The molecule has 0 aliphatic carbocycles. The van der Waals surface area contributed by atoms with Gasteiger partial charge in [-0.1, -0.05) is 35.5 Å². The van der Waals surface area contributed by atoms with Crippen molar-refractivity contribution >= 4 is 35.0 Å². The highest BCUT2D eigenvalue weighted by atomic mass is 35.5. The van der Waals surface area contributed by atoms with Gasteiger partial charge < -0.3 is 14.6 Å². The number of hydrogen-bond donors (Lipinski definition) is 1. The molecule has 10 heteroatoms. The Morgan fingerprint density at radius 3 is 2.69 bits per heavy atom. The molecule has 0 aliphatic rings. The molecule has 0 unspecified atom stereocenters. The largest absolute Gasteiger partial charge is 0.497 e. The lowest BCUT2D eigenvalue weighted by Gasteiger charge is -2.06. The molecule has 164 valence electrons. The average Bonchev–Trinajstić information content (AvgIpc) is 3.36. The number of anilines is 1. The lowest BCUT2D eigenvalue weighted by atomic mass is 10.1. The number of methoxy groups -OCH3 is 1. The fourth-order valence-electron chi connectivity index (χ4n) is 3.17. The number of aryl methyl sites for hydroxylation is 1. The molecule has 8 nitrogen and oxygen atoms in total. The number of rotatable bonds is 7. The van der Waals surface area contributed by atoms with Crippen molar-refractivity contribution in [3.8, 4) is 28.4 Å². The summed E-state index contributed by atoms with van der Waals surface area (Å²) in [7, 11) is 5.37. The van der Waals surface area contributed by atoms with Gasteiger partial charge in [-0.2, -0.15) is 5.10 Å². The Morgan fingerprint density at radius 1 is 1.16 bits per heavy atom. The van der Waals surface area contributed by atoms with Crippen molar-refractivity contribution in [2.24, 2.45) is 14.1 Å². The molecule has 2 heterocycles. The van der Waals surface area contributed by atoms with Crippen LogP contribution >= 0.6 is 23.4 Å². The van der Waals surface area contributed by atoms with Crippen LogP contribution in [0.15, 0.2) is 59.9 Å².